The number of ether oxygens (including phenoxy) is 1. The average Bonchev–Trinajstić information content (AvgIpc) is 2.98. The summed E-state index contributed by atoms with van der Waals surface area (Å²) in [5, 5.41) is 0. The summed E-state index contributed by atoms with van der Waals surface area (Å²) >= 11 is 0. The van der Waals surface area contributed by atoms with E-state index in [1.54, 1.807) is 12.0 Å². The highest BCUT2D eigenvalue weighted by atomic mass is 32.2. The van der Waals surface area contributed by atoms with Crippen molar-refractivity contribution in [3.05, 3.63) is 0 Å². The Morgan fingerprint density at radius 1 is 1.32 bits per heavy atom. The minimum atomic E-state index is -3.28. The maximum Gasteiger partial charge on any atom is 0.230 e. The Balaban J connectivity index is 1.93. The molecule has 8 nitrogen and oxygen atoms in total. The number of rotatable bonds is 7. The number of nitrogens with zero attached hydrogens (tertiary/aromatic N) is 3. The maximum absolute atomic E-state index is 12.9. The summed E-state index contributed by atoms with van der Waals surface area (Å²) in [7, 11) is -0.201. The van der Waals surface area contributed by atoms with Crippen LogP contribution in [0.15, 0.2) is 0 Å². The van der Waals surface area contributed by atoms with E-state index in [9.17, 15) is 18.0 Å². The van der Waals surface area contributed by atoms with Crippen molar-refractivity contribution in [2.24, 2.45) is 5.41 Å². The fraction of sp³-hybridized carbons (Fsp3) is 0.875. The zero-order chi connectivity index (χ0) is 18.7. The van der Waals surface area contributed by atoms with Gasteiger partial charge in [0.25, 0.3) is 0 Å². The molecule has 2 saturated heterocycles. The first-order valence-corrected chi connectivity index (χ1v) is 10.5. The Bertz CT molecular complexity index is 609. The van der Waals surface area contributed by atoms with E-state index in [-0.39, 0.29) is 24.8 Å². The van der Waals surface area contributed by atoms with E-state index in [4.69, 9.17) is 4.74 Å². The van der Waals surface area contributed by atoms with Gasteiger partial charge < -0.3 is 14.5 Å². The molecule has 0 saturated carbocycles. The second kappa shape index (κ2) is 8.01. The zero-order valence-electron chi connectivity index (χ0n) is 15.4. The van der Waals surface area contributed by atoms with E-state index in [0.29, 0.717) is 32.7 Å². The summed E-state index contributed by atoms with van der Waals surface area (Å²) in [6.45, 7) is 3.01. The van der Waals surface area contributed by atoms with E-state index < -0.39 is 15.4 Å². The molecule has 25 heavy (non-hydrogen) atoms. The van der Waals surface area contributed by atoms with Gasteiger partial charge in [-0.3, -0.25) is 9.59 Å². The molecule has 0 N–H and O–H groups in total. The number of likely N-dealkylation sites (tertiary alicyclic amines) is 2. The molecule has 2 heterocycles. The minimum absolute atomic E-state index is 0.0887. The standard InChI is InChI=1S/C16H29N3O5S/c1-17(25(3,22)23)9-5-14(20)19-10-7-16(13-19)6-4-8-18(15(16)21)11-12-24-2/h4-13H2,1-3H3/t16-/m0/s1. The third-order valence-corrected chi connectivity index (χ3v) is 6.62. The van der Waals surface area contributed by atoms with Crippen LogP contribution in [0.5, 0.6) is 0 Å². The Hall–Kier alpha value is -1.19. The van der Waals surface area contributed by atoms with E-state index in [1.807, 2.05) is 4.90 Å². The van der Waals surface area contributed by atoms with Crippen LogP contribution in [0, 0.1) is 5.41 Å². The number of amides is 2. The number of methoxy groups -OCH3 is 1. The topological polar surface area (TPSA) is 87.2 Å². The van der Waals surface area contributed by atoms with Crippen molar-refractivity contribution in [3.63, 3.8) is 0 Å². The third-order valence-electron chi connectivity index (χ3n) is 5.30. The average molecular weight is 375 g/mol. The van der Waals surface area contributed by atoms with Gasteiger partial charge in [0.15, 0.2) is 0 Å². The van der Waals surface area contributed by atoms with Crippen molar-refractivity contribution in [1.82, 2.24) is 14.1 Å². The lowest BCUT2D eigenvalue weighted by Crippen LogP contribution is -2.51. The van der Waals surface area contributed by atoms with Gasteiger partial charge in [-0.05, 0) is 19.3 Å². The Kier molecular flexibility index (Phi) is 6.45. The van der Waals surface area contributed by atoms with Gasteiger partial charge in [-0.1, -0.05) is 0 Å². The molecule has 2 aliphatic rings. The van der Waals surface area contributed by atoms with Gasteiger partial charge in [-0.25, -0.2) is 12.7 Å². The van der Waals surface area contributed by atoms with Crippen molar-refractivity contribution in [2.75, 3.05) is 59.7 Å². The van der Waals surface area contributed by atoms with E-state index in [1.165, 1.54) is 11.4 Å². The molecule has 0 aliphatic carbocycles. The normalized spacial score (nSPS) is 24.6. The van der Waals surface area contributed by atoms with Crippen LogP contribution in [0.25, 0.3) is 0 Å². The van der Waals surface area contributed by atoms with Gasteiger partial charge in [-0.15, -0.1) is 0 Å². The largest absolute Gasteiger partial charge is 0.383 e. The molecular weight excluding hydrogens is 346 g/mol. The van der Waals surface area contributed by atoms with Crippen molar-refractivity contribution in [3.8, 4) is 0 Å². The summed E-state index contributed by atoms with van der Waals surface area (Å²) in [6.07, 6.45) is 3.69. The summed E-state index contributed by atoms with van der Waals surface area (Å²) < 4.78 is 29.1. The zero-order valence-corrected chi connectivity index (χ0v) is 16.2. The van der Waals surface area contributed by atoms with Crippen LogP contribution in [0.3, 0.4) is 0 Å². The molecular formula is C16H29N3O5S. The first kappa shape index (κ1) is 20.1. The van der Waals surface area contributed by atoms with E-state index in [2.05, 4.69) is 0 Å². The number of carbonyl (C=O) groups excluding carboxylic acids is 2. The van der Waals surface area contributed by atoms with Crippen molar-refractivity contribution < 1.29 is 22.7 Å². The molecule has 0 aromatic heterocycles. The highest BCUT2D eigenvalue weighted by Gasteiger charge is 2.49. The quantitative estimate of drug-likeness (QED) is 0.613. The van der Waals surface area contributed by atoms with Gasteiger partial charge in [0, 0.05) is 53.3 Å². The summed E-state index contributed by atoms with van der Waals surface area (Å²) in [4.78, 5) is 28.9. The summed E-state index contributed by atoms with van der Waals surface area (Å²) in [6, 6.07) is 0. The third kappa shape index (κ3) is 4.71. The monoisotopic (exact) mass is 375 g/mol. The fourth-order valence-electron chi connectivity index (χ4n) is 3.61. The molecule has 1 atom stereocenters. The predicted octanol–water partition coefficient (Wildman–Crippen LogP) is -0.245. The number of hydrogen-bond donors (Lipinski definition) is 0. The van der Waals surface area contributed by atoms with Crippen LogP contribution in [0.4, 0.5) is 0 Å². The number of hydrogen-bond acceptors (Lipinski definition) is 5. The van der Waals surface area contributed by atoms with Gasteiger partial charge in [-0.2, -0.15) is 0 Å². The molecule has 144 valence electrons. The first-order chi connectivity index (χ1) is 11.7. The molecule has 0 unspecified atom stereocenters. The second-order valence-electron chi connectivity index (χ2n) is 7.07. The molecule has 0 aromatic rings. The number of sulfonamides is 1. The first-order valence-electron chi connectivity index (χ1n) is 8.67. The van der Waals surface area contributed by atoms with E-state index >= 15 is 0 Å². The predicted molar refractivity (Wildman–Crippen MR) is 93.4 cm³/mol. The Morgan fingerprint density at radius 3 is 2.68 bits per heavy atom. The maximum atomic E-state index is 12.9. The Morgan fingerprint density at radius 2 is 2.04 bits per heavy atom. The van der Waals surface area contributed by atoms with Crippen LogP contribution in [0.1, 0.15) is 25.7 Å². The van der Waals surface area contributed by atoms with Crippen LogP contribution < -0.4 is 0 Å². The van der Waals surface area contributed by atoms with Gasteiger partial charge in [0.1, 0.15) is 0 Å². The van der Waals surface area contributed by atoms with Gasteiger partial charge >= 0.3 is 0 Å². The number of carbonyl (C=O) groups is 2. The molecule has 0 bridgehead atoms. The lowest BCUT2D eigenvalue weighted by Gasteiger charge is -2.39. The molecule has 0 radical (unpaired) electrons. The molecule has 2 aliphatic heterocycles. The highest BCUT2D eigenvalue weighted by Crippen LogP contribution is 2.40. The van der Waals surface area contributed by atoms with Crippen molar-refractivity contribution >= 4 is 21.8 Å². The summed E-state index contributed by atoms with van der Waals surface area (Å²) in [5.74, 6) is 0.0357. The number of piperidine rings is 1. The molecule has 1 spiro atoms. The van der Waals surface area contributed by atoms with E-state index in [0.717, 1.165) is 25.6 Å². The lowest BCUT2D eigenvalue weighted by atomic mass is 9.78. The van der Waals surface area contributed by atoms with Crippen molar-refractivity contribution in [2.45, 2.75) is 25.7 Å². The van der Waals surface area contributed by atoms with Crippen LogP contribution in [-0.2, 0) is 24.3 Å². The minimum Gasteiger partial charge on any atom is -0.383 e. The molecule has 0 aromatic carbocycles. The van der Waals surface area contributed by atoms with Gasteiger partial charge in [0.05, 0.1) is 18.3 Å². The fourth-order valence-corrected chi connectivity index (χ4v) is 4.03. The second-order valence-corrected chi connectivity index (χ2v) is 9.16. The summed E-state index contributed by atoms with van der Waals surface area (Å²) in [5.41, 5.74) is -0.468. The lowest BCUT2D eigenvalue weighted by molar-refractivity contribution is -0.146. The molecule has 2 fully saturated rings. The van der Waals surface area contributed by atoms with Crippen LogP contribution >= 0.6 is 0 Å². The molecule has 9 heteroatoms. The van der Waals surface area contributed by atoms with Gasteiger partial charge in [0.2, 0.25) is 21.8 Å². The van der Waals surface area contributed by atoms with Crippen LogP contribution in [-0.4, -0.2) is 94.1 Å². The molecule has 2 rings (SSSR count). The van der Waals surface area contributed by atoms with Crippen molar-refractivity contribution in [1.29, 1.82) is 0 Å². The Labute approximate surface area is 150 Å². The molecule has 2 amide bonds. The smallest absolute Gasteiger partial charge is 0.230 e. The highest BCUT2D eigenvalue weighted by molar-refractivity contribution is 7.88. The van der Waals surface area contributed by atoms with Crippen LogP contribution in [0.2, 0.25) is 0 Å². The SMILES string of the molecule is COCCN1CCC[C@@]2(CCN(C(=O)CCN(C)S(C)(=O)=O)C2)C1=O.